The Hall–Kier alpha value is -1.88. The van der Waals surface area contributed by atoms with Crippen LogP contribution >= 0.6 is 0 Å². The highest BCUT2D eigenvalue weighted by Gasteiger charge is 2.10. The highest BCUT2D eigenvalue weighted by molar-refractivity contribution is 5.94. The van der Waals surface area contributed by atoms with Crippen LogP contribution in [-0.2, 0) is 11.3 Å². The van der Waals surface area contributed by atoms with Crippen molar-refractivity contribution in [1.29, 1.82) is 0 Å². The van der Waals surface area contributed by atoms with E-state index in [-0.39, 0.29) is 11.8 Å². The molecule has 0 saturated carbocycles. The first-order valence-electron chi connectivity index (χ1n) is 8.49. The predicted octanol–water partition coefficient (Wildman–Crippen LogP) is 1.93. The molecule has 1 heterocycles. The first-order valence-corrected chi connectivity index (χ1v) is 8.49. The molecule has 1 aromatic rings. The van der Waals surface area contributed by atoms with Crippen molar-refractivity contribution in [3.05, 3.63) is 35.4 Å². The van der Waals surface area contributed by atoms with Gasteiger partial charge in [0.2, 0.25) is 5.91 Å². The zero-order valence-corrected chi connectivity index (χ0v) is 13.9. The van der Waals surface area contributed by atoms with Gasteiger partial charge in [0.05, 0.1) is 0 Å². The van der Waals surface area contributed by atoms with Gasteiger partial charge in [-0.3, -0.25) is 9.59 Å². The summed E-state index contributed by atoms with van der Waals surface area (Å²) in [5.41, 5.74) is 1.65. The summed E-state index contributed by atoms with van der Waals surface area (Å²) in [6.07, 6.45) is 4.95. The fourth-order valence-electron chi connectivity index (χ4n) is 2.79. The van der Waals surface area contributed by atoms with E-state index in [4.69, 9.17) is 0 Å². The summed E-state index contributed by atoms with van der Waals surface area (Å²) >= 11 is 0. The fourth-order valence-corrected chi connectivity index (χ4v) is 2.79. The normalized spacial score (nSPS) is 15.2. The minimum atomic E-state index is -0.0551. The van der Waals surface area contributed by atoms with Crippen molar-refractivity contribution in [2.45, 2.75) is 39.2 Å². The number of hydrogen-bond acceptors (Lipinski definition) is 3. The number of hydrogen-bond donors (Lipinski definition) is 2. The number of nitrogens with one attached hydrogen (secondary N) is 2. The second kappa shape index (κ2) is 9.30. The lowest BCUT2D eigenvalue weighted by atomic mass is 10.1. The molecule has 5 heteroatoms. The van der Waals surface area contributed by atoms with Gasteiger partial charge in [-0.05, 0) is 56.6 Å². The van der Waals surface area contributed by atoms with Crippen molar-refractivity contribution in [3.8, 4) is 0 Å². The molecular weight excluding hydrogens is 290 g/mol. The quantitative estimate of drug-likeness (QED) is 0.756. The van der Waals surface area contributed by atoms with E-state index in [9.17, 15) is 9.59 Å². The second-order valence-electron chi connectivity index (χ2n) is 6.12. The average molecular weight is 317 g/mol. The van der Waals surface area contributed by atoms with E-state index in [2.05, 4.69) is 15.5 Å². The van der Waals surface area contributed by atoms with Gasteiger partial charge in [-0.25, -0.2) is 0 Å². The first kappa shape index (κ1) is 17.5. The molecule has 23 heavy (non-hydrogen) atoms. The zero-order valence-electron chi connectivity index (χ0n) is 13.9. The number of likely N-dealkylation sites (tertiary alicyclic amines) is 1. The van der Waals surface area contributed by atoms with Gasteiger partial charge in [0.1, 0.15) is 0 Å². The molecule has 126 valence electrons. The van der Waals surface area contributed by atoms with Crippen LogP contribution in [0.3, 0.4) is 0 Å². The van der Waals surface area contributed by atoms with Crippen LogP contribution in [0.2, 0.25) is 0 Å². The van der Waals surface area contributed by atoms with E-state index < -0.39 is 0 Å². The molecule has 0 bridgehead atoms. The van der Waals surface area contributed by atoms with Crippen molar-refractivity contribution in [2.75, 3.05) is 26.2 Å². The molecule has 0 radical (unpaired) electrons. The lowest BCUT2D eigenvalue weighted by Crippen LogP contribution is -2.33. The smallest absolute Gasteiger partial charge is 0.251 e. The van der Waals surface area contributed by atoms with Crippen LogP contribution in [0.5, 0.6) is 0 Å². The second-order valence-corrected chi connectivity index (χ2v) is 6.12. The third-order valence-corrected chi connectivity index (χ3v) is 4.14. The minimum absolute atomic E-state index is 0.0327. The molecule has 2 amide bonds. The Morgan fingerprint density at radius 2 is 1.74 bits per heavy atom. The third kappa shape index (κ3) is 6.40. The van der Waals surface area contributed by atoms with Gasteiger partial charge in [-0.15, -0.1) is 0 Å². The standard InChI is InChI=1S/C18H27N3O2/c1-15(22)20-14-16-6-8-17(9-7-16)18(23)19-10-5-13-21-11-3-2-4-12-21/h6-9H,2-5,10-14H2,1H3,(H,19,23)(H,20,22). The summed E-state index contributed by atoms with van der Waals surface area (Å²) in [5, 5.41) is 5.71. The van der Waals surface area contributed by atoms with Crippen LogP contribution < -0.4 is 10.6 Å². The van der Waals surface area contributed by atoms with Crippen LogP contribution in [0.25, 0.3) is 0 Å². The van der Waals surface area contributed by atoms with Crippen LogP contribution in [0, 0.1) is 0 Å². The minimum Gasteiger partial charge on any atom is -0.352 e. The SMILES string of the molecule is CC(=O)NCc1ccc(C(=O)NCCCN2CCCCC2)cc1. The van der Waals surface area contributed by atoms with E-state index in [0.29, 0.717) is 18.7 Å². The van der Waals surface area contributed by atoms with Crippen molar-refractivity contribution < 1.29 is 9.59 Å². The number of amides is 2. The van der Waals surface area contributed by atoms with E-state index in [1.54, 1.807) is 12.1 Å². The number of nitrogens with zero attached hydrogens (tertiary/aromatic N) is 1. The van der Waals surface area contributed by atoms with Gasteiger partial charge in [0.25, 0.3) is 5.91 Å². The molecule has 1 fully saturated rings. The summed E-state index contributed by atoms with van der Waals surface area (Å²) in [4.78, 5) is 25.4. The maximum atomic E-state index is 12.1. The van der Waals surface area contributed by atoms with Crippen molar-refractivity contribution in [3.63, 3.8) is 0 Å². The van der Waals surface area contributed by atoms with E-state index in [0.717, 1.165) is 18.5 Å². The number of piperidine rings is 1. The molecule has 5 nitrogen and oxygen atoms in total. The highest BCUT2D eigenvalue weighted by atomic mass is 16.2. The van der Waals surface area contributed by atoms with Crippen LogP contribution in [-0.4, -0.2) is 42.9 Å². The van der Waals surface area contributed by atoms with Crippen LogP contribution in [0.1, 0.15) is 48.5 Å². The van der Waals surface area contributed by atoms with Crippen molar-refractivity contribution in [1.82, 2.24) is 15.5 Å². The fraction of sp³-hybridized carbons (Fsp3) is 0.556. The number of carbonyl (C=O) groups is 2. The molecule has 1 aromatic carbocycles. The Labute approximate surface area is 138 Å². The van der Waals surface area contributed by atoms with Gasteiger partial charge in [0, 0.05) is 25.6 Å². The van der Waals surface area contributed by atoms with E-state index >= 15 is 0 Å². The maximum absolute atomic E-state index is 12.1. The van der Waals surface area contributed by atoms with E-state index in [1.807, 2.05) is 12.1 Å². The molecule has 2 N–H and O–H groups in total. The number of carbonyl (C=O) groups excluding carboxylic acids is 2. The topological polar surface area (TPSA) is 61.4 Å². The molecular formula is C18H27N3O2. The Kier molecular flexibility index (Phi) is 7.07. The predicted molar refractivity (Wildman–Crippen MR) is 91.2 cm³/mol. The number of benzene rings is 1. The summed E-state index contributed by atoms with van der Waals surface area (Å²) < 4.78 is 0. The Balaban J connectivity index is 1.67. The van der Waals surface area contributed by atoms with Crippen molar-refractivity contribution in [2.24, 2.45) is 0 Å². The molecule has 0 atom stereocenters. The van der Waals surface area contributed by atoms with E-state index in [1.165, 1.54) is 39.3 Å². The maximum Gasteiger partial charge on any atom is 0.251 e. The lowest BCUT2D eigenvalue weighted by Gasteiger charge is -2.26. The third-order valence-electron chi connectivity index (χ3n) is 4.14. The first-order chi connectivity index (χ1) is 11.1. The lowest BCUT2D eigenvalue weighted by molar-refractivity contribution is -0.119. The summed E-state index contributed by atoms with van der Waals surface area (Å²) in [5.74, 6) is -0.0877. The summed E-state index contributed by atoms with van der Waals surface area (Å²) in [6, 6.07) is 7.35. The van der Waals surface area contributed by atoms with Gasteiger partial charge < -0.3 is 15.5 Å². The van der Waals surface area contributed by atoms with Crippen molar-refractivity contribution >= 4 is 11.8 Å². The summed E-state index contributed by atoms with van der Waals surface area (Å²) in [6.45, 7) is 6.16. The Morgan fingerprint density at radius 3 is 2.39 bits per heavy atom. The molecule has 0 unspecified atom stereocenters. The molecule has 0 aliphatic carbocycles. The van der Waals surface area contributed by atoms with Crippen LogP contribution in [0.4, 0.5) is 0 Å². The van der Waals surface area contributed by atoms with Gasteiger partial charge in [-0.2, -0.15) is 0 Å². The van der Waals surface area contributed by atoms with Gasteiger partial charge >= 0.3 is 0 Å². The van der Waals surface area contributed by atoms with Gasteiger partial charge in [-0.1, -0.05) is 18.6 Å². The van der Waals surface area contributed by atoms with Crippen LogP contribution in [0.15, 0.2) is 24.3 Å². The molecule has 0 aromatic heterocycles. The molecule has 1 aliphatic heterocycles. The Morgan fingerprint density at radius 1 is 1.04 bits per heavy atom. The van der Waals surface area contributed by atoms with Gasteiger partial charge in [0.15, 0.2) is 0 Å². The molecule has 1 saturated heterocycles. The monoisotopic (exact) mass is 317 g/mol. The largest absolute Gasteiger partial charge is 0.352 e. The average Bonchev–Trinajstić information content (AvgIpc) is 2.58. The number of rotatable bonds is 7. The molecule has 1 aliphatic rings. The Bertz CT molecular complexity index is 508. The zero-order chi connectivity index (χ0) is 16.5. The summed E-state index contributed by atoms with van der Waals surface area (Å²) in [7, 11) is 0. The highest BCUT2D eigenvalue weighted by Crippen LogP contribution is 2.08. The molecule has 2 rings (SSSR count). The molecule has 0 spiro atoms.